The Bertz CT molecular complexity index is 832. The van der Waals surface area contributed by atoms with Gasteiger partial charge in [-0.2, -0.15) is 0 Å². The number of rotatable bonds is 10. The second kappa shape index (κ2) is 10.0. The highest BCUT2D eigenvalue weighted by molar-refractivity contribution is 6.30. The number of nitrogens with zero attached hydrogens (tertiary/aromatic N) is 1. The fourth-order valence-electron chi connectivity index (χ4n) is 3.94. The van der Waals surface area contributed by atoms with Crippen LogP contribution in [0.25, 0.3) is 0 Å². The van der Waals surface area contributed by atoms with Gasteiger partial charge in [-0.15, -0.1) is 0 Å². The average Bonchev–Trinajstić information content (AvgIpc) is 2.97. The molecule has 0 aromatic heterocycles. The average molecular weight is 414 g/mol. The number of carbonyl (C=O) groups is 2. The Morgan fingerprint density at radius 2 is 1.69 bits per heavy atom. The number of ether oxygens (including phenoxy) is 1. The third-order valence-corrected chi connectivity index (χ3v) is 5.78. The highest BCUT2D eigenvalue weighted by atomic mass is 35.5. The number of halogens is 1. The fourth-order valence-corrected chi connectivity index (χ4v) is 4.14. The maximum Gasteiger partial charge on any atom is 0.261 e. The van der Waals surface area contributed by atoms with Gasteiger partial charge >= 0.3 is 0 Å². The molecular formula is C24H28ClNO3. The molecule has 1 aliphatic rings. The van der Waals surface area contributed by atoms with Crippen molar-refractivity contribution in [1.82, 2.24) is 4.90 Å². The van der Waals surface area contributed by atoms with Crippen LogP contribution in [0.3, 0.4) is 0 Å². The lowest BCUT2D eigenvalue weighted by molar-refractivity contribution is -0.00200. The van der Waals surface area contributed by atoms with Crippen LogP contribution in [0, 0.1) is 5.92 Å². The number of imide groups is 1. The summed E-state index contributed by atoms with van der Waals surface area (Å²) in [5, 5.41) is 0.682. The van der Waals surface area contributed by atoms with Gasteiger partial charge in [0.15, 0.2) is 0 Å². The van der Waals surface area contributed by atoms with Gasteiger partial charge in [0.1, 0.15) is 0 Å². The third kappa shape index (κ3) is 4.88. The third-order valence-electron chi connectivity index (χ3n) is 5.55. The Labute approximate surface area is 177 Å². The van der Waals surface area contributed by atoms with Crippen molar-refractivity contribution in [1.29, 1.82) is 0 Å². The number of carbonyl (C=O) groups excluding carboxylic acids is 2. The number of fused-ring (bicyclic) bond motifs is 1. The van der Waals surface area contributed by atoms with Gasteiger partial charge in [-0.1, -0.05) is 69.0 Å². The highest BCUT2D eigenvalue weighted by Crippen LogP contribution is 2.33. The van der Waals surface area contributed by atoms with Crippen LogP contribution in [0.5, 0.6) is 0 Å². The van der Waals surface area contributed by atoms with Crippen molar-refractivity contribution in [3.05, 3.63) is 70.2 Å². The van der Waals surface area contributed by atoms with Gasteiger partial charge in [0, 0.05) is 5.02 Å². The van der Waals surface area contributed by atoms with Crippen LogP contribution in [-0.2, 0) is 4.74 Å². The minimum atomic E-state index is -0.244. The zero-order chi connectivity index (χ0) is 20.8. The van der Waals surface area contributed by atoms with Crippen molar-refractivity contribution >= 4 is 23.4 Å². The maximum absolute atomic E-state index is 12.6. The first-order valence-corrected chi connectivity index (χ1v) is 10.8. The molecule has 29 heavy (non-hydrogen) atoms. The van der Waals surface area contributed by atoms with Crippen LogP contribution in [0.4, 0.5) is 0 Å². The predicted molar refractivity (Wildman–Crippen MR) is 115 cm³/mol. The first-order chi connectivity index (χ1) is 14.1. The van der Waals surface area contributed by atoms with Crippen LogP contribution in [0.1, 0.15) is 71.9 Å². The van der Waals surface area contributed by atoms with Crippen LogP contribution in [0.2, 0.25) is 5.02 Å². The number of unbranched alkanes of at least 4 members (excludes halogenated alkanes) is 1. The van der Waals surface area contributed by atoms with Crippen molar-refractivity contribution < 1.29 is 14.3 Å². The van der Waals surface area contributed by atoms with E-state index in [2.05, 4.69) is 13.8 Å². The molecule has 5 heteroatoms. The Kier molecular flexibility index (Phi) is 7.45. The largest absolute Gasteiger partial charge is 0.371 e. The minimum Gasteiger partial charge on any atom is -0.371 e. The number of hydrogen-bond acceptors (Lipinski definition) is 3. The maximum atomic E-state index is 12.6. The second-order valence-corrected chi connectivity index (χ2v) is 7.90. The summed E-state index contributed by atoms with van der Waals surface area (Å²) in [6.45, 7) is 4.90. The molecule has 0 saturated heterocycles. The molecule has 0 N–H and O–H groups in total. The van der Waals surface area contributed by atoms with E-state index in [1.807, 2.05) is 24.3 Å². The lowest BCUT2D eigenvalue weighted by Crippen LogP contribution is -2.33. The van der Waals surface area contributed by atoms with E-state index >= 15 is 0 Å². The zero-order valence-electron chi connectivity index (χ0n) is 17.1. The number of benzene rings is 2. The zero-order valence-corrected chi connectivity index (χ0v) is 17.8. The van der Waals surface area contributed by atoms with Gasteiger partial charge in [0.2, 0.25) is 0 Å². The Hall–Kier alpha value is -2.17. The predicted octanol–water partition coefficient (Wildman–Crippen LogP) is 5.91. The molecule has 2 aromatic carbocycles. The fraction of sp³-hybridized carbons (Fsp3) is 0.417. The summed E-state index contributed by atoms with van der Waals surface area (Å²) in [4.78, 5) is 26.4. The first-order valence-electron chi connectivity index (χ1n) is 10.4. The molecule has 2 aromatic rings. The van der Waals surface area contributed by atoms with E-state index in [1.165, 1.54) is 4.90 Å². The molecule has 0 saturated carbocycles. The van der Waals surface area contributed by atoms with E-state index in [0.717, 1.165) is 31.2 Å². The van der Waals surface area contributed by atoms with Crippen molar-refractivity contribution in [2.75, 3.05) is 13.2 Å². The minimum absolute atomic E-state index is 0.111. The summed E-state index contributed by atoms with van der Waals surface area (Å²) in [6, 6.07) is 14.7. The van der Waals surface area contributed by atoms with E-state index in [9.17, 15) is 9.59 Å². The van der Waals surface area contributed by atoms with Crippen molar-refractivity contribution in [2.24, 2.45) is 5.92 Å². The molecule has 1 aliphatic heterocycles. The number of amides is 2. The molecule has 154 valence electrons. The van der Waals surface area contributed by atoms with Gasteiger partial charge in [-0.05, 0) is 42.2 Å². The molecule has 0 spiro atoms. The van der Waals surface area contributed by atoms with E-state index in [-0.39, 0.29) is 24.5 Å². The van der Waals surface area contributed by atoms with Crippen LogP contribution in [-0.4, -0.2) is 29.9 Å². The summed E-state index contributed by atoms with van der Waals surface area (Å²) in [6.07, 6.45) is 4.22. The molecular weight excluding hydrogens is 386 g/mol. The SMILES string of the molecule is CCCC[C@H](CC)[C@@H](OCCN1C(=O)c2ccccc2C1=O)c1cccc(Cl)c1. The van der Waals surface area contributed by atoms with E-state index in [1.54, 1.807) is 24.3 Å². The van der Waals surface area contributed by atoms with Crippen LogP contribution >= 0.6 is 11.6 Å². The molecule has 3 rings (SSSR count). The lowest BCUT2D eigenvalue weighted by Gasteiger charge is -2.28. The van der Waals surface area contributed by atoms with Gasteiger partial charge in [0.05, 0.1) is 30.4 Å². The molecule has 0 unspecified atom stereocenters. The first kappa shape index (κ1) is 21.5. The molecule has 4 nitrogen and oxygen atoms in total. The summed E-state index contributed by atoms with van der Waals surface area (Å²) < 4.78 is 6.29. The monoisotopic (exact) mass is 413 g/mol. The standard InChI is InChI=1S/C24H28ClNO3/c1-3-5-9-17(4-2)22(18-10-8-11-19(25)16-18)29-15-14-26-23(27)20-12-6-7-13-21(20)24(26)28/h6-8,10-13,16-17,22H,3-5,9,14-15H2,1-2H3/t17-,22+/m0/s1. The van der Waals surface area contributed by atoms with Crippen molar-refractivity contribution in [3.8, 4) is 0 Å². The van der Waals surface area contributed by atoms with Gasteiger partial charge in [-0.3, -0.25) is 14.5 Å². The summed E-state index contributed by atoms with van der Waals surface area (Å²) in [7, 11) is 0. The normalized spacial score (nSPS) is 15.5. The summed E-state index contributed by atoms with van der Waals surface area (Å²) in [5.41, 5.74) is 1.99. The highest BCUT2D eigenvalue weighted by Gasteiger charge is 2.35. The Balaban J connectivity index is 1.70. The van der Waals surface area contributed by atoms with Crippen molar-refractivity contribution in [3.63, 3.8) is 0 Å². The molecule has 0 radical (unpaired) electrons. The molecule has 0 fully saturated rings. The molecule has 1 heterocycles. The van der Waals surface area contributed by atoms with E-state index in [4.69, 9.17) is 16.3 Å². The summed E-state index contributed by atoms with van der Waals surface area (Å²) >= 11 is 6.22. The molecule has 0 bridgehead atoms. The van der Waals surface area contributed by atoms with Gasteiger partial charge < -0.3 is 4.74 Å². The second-order valence-electron chi connectivity index (χ2n) is 7.46. The van der Waals surface area contributed by atoms with E-state index < -0.39 is 0 Å². The quantitative estimate of drug-likeness (QED) is 0.455. The Morgan fingerprint density at radius 1 is 1.00 bits per heavy atom. The van der Waals surface area contributed by atoms with Crippen LogP contribution < -0.4 is 0 Å². The molecule has 0 aliphatic carbocycles. The van der Waals surface area contributed by atoms with Crippen molar-refractivity contribution in [2.45, 2.75) is 45.6 Å². The van der Waals surface area contributed by atoms with E-state index in [0.29, 0.717) is 28.7 Å². The smallest absolute Gasteiger partial charge is 0.261 e. The number of hydrogen-bond donors (Lipinski definition) is 0. The van der Waals surface area contributed by atoms with Gasteiger partial charge in [-0.25, -0.2) is 0 Å². The molecule has 2 atom stereocenters. The van der Waals surface area contributed by atoms with Crippen LogP contribution in [0.15, 0.2) is 48.5 Å². The summed E-state index contributed by atoms with van der Waals surface area (Å²) in [5.74, 6) is -0.131. The van der Waals surface area contributed by atoms with Gasteiger partial charge in [0.25, 0.3) is 11.8 Å². The lowest BCUT2D eigenvalue weighted by atomic mass is 9.89. The topological polar surface area (TPSA) is 46.6 Å². The Morgan fingerprint density at radius 3 is 2.28 bits per heavy atom. The molecule has 2 amide bonds.